The first kappa shape index (κ1) is 10.9. The molecule has 5 nitrogen and oxygen atoms in total. The van der Waals surface area contributed by atoms with Crippen LogP contribution in [-0.4, -0.2) is 67.5 Å². The van der Waals surface area contributed by atoms with Crippen LogP contribution in [0.15, 0.2) is 0 Å². The molecule has 1 aliphatic heterocycles. The van der Waals surface area contributed by atoms with Gasteiger partial charge in [-0.1, -0.05) is 0 Å². The summed E-state index contributed by atoms with van der Waals surface area (Å²) in [5.74, 6) is 0. The van der Waals surface area contributed by atoms with E-state index in [9.17, 15) is 10.2 Å². The summed E-state index contributed by atoms with van der Waals surface area (Å²) in [4.78, 5) is 1.82. The Hall–Kier alpha value is -0.200. The average molecular weight is 191 g/mol. The van der Waals surface area contributed by atoms with Gasteiger partial charge >= 0.3 is 0 Å². The summed E-state index contributed by atoms with van der Waals surface area (Å²) in [6.45, 7) is 0.365. The number of methoxy groups -OCH3 is 1. The second-order valence-electron chi connectivity index (χ2n) is 3.45. The van der Waals surface area contributed by atoms with Crippen LogP contribution < -0.4 is 0 Å². The fraction of sp³-hybridized carbons (Fsp3) is 1.00. The fourth-order valence-corrected chi connectivity index (χ4v) is 1.44. The molecule has 1 rings (SSSR count). The average Bonchev–Trinajstić information content (AvgIpc) is 2.09. The van der Waals surface area contributed by atoms with Crippen molar-refractivity contribution in [1.29, 1.82) is 0 Å². The zero-order chi connectivity index (χ0) is 10.0. The third kappa shape index (κ3) is 2.18. The van der Waals surface area contributed by atoms with Gasteiger partial charge in [0.05, 0.1) is 12.6 Å². The lowest BCUT2D eigenvalue weighted by Gasteiger charge is -2.39. The molecule has 1 saturated heterocycles. The maximum Gasteiger partial charge on any atom is 0.185 e. The minimum Gasteiger partial charge on any atom is -0.388 e. The molecule has 0 aromatic rings. The Morgan fingerprint density at radius 1 is 1.31 bits per heavy atom. The monoisotopic (exact) mass is 191 g/mol. The number of likely N-dealkylation sites (N-methyl/N-ethyl adjacent to an activating group) is 1. The van der Waals surface area contributed by atoms with E-state index in [0.717, 1.165) is 0 Å². The molecule has 1 fully saturated rings. The van der Waals surface area contributed by atoms with E-state index in [4.69, 9.17) is 9.47 Å². The third-order valence-corrected chi connectivity index (χ3v) is 2.35. The number of hydrogen-bond acceptors (Lipinski definition) is 5. The molecule has 0 aromatic carbocycles. The normalized spacial score (nSPS) is 41.1. The number of aliphatic hydroxyl groups excluding tert-OH is 2. The lowest BCUT2D eigenvalue weighted by molar-refractivity contribution is -0.249. The van der Waals surface area contributed by atoms with Crippen LogP contribution >= 0.6 is 0 Å². The van der Waals surface area contributed by atoms with Crippen LogP contribution in [0.1, 0.15) is 0 Å². The van der Waals surface area contributed by atoms with Crippen molar-refractivity contribution in [1.82, 2.24) is 4.90 Å². The van der Waals surface area contributed by atoms with Crippen LogP contribution in [0.2, 0.25) is 0 Å². The van der Waals surface area contributed by atoms with Crippen LogP contribution in [0.4, 0.5) is 0 Å². The number of nitrogens with zero attached hydrogens (tertiary/aromatic N) is 1. The van der Waals surface area contributed by atoms with Gasteiger partial charge in [-0.2, -0.15) is 0 Å². The largest absolute Gasteiger partial charge is 0.388 e. The molecular formula is C8H17NO4. The van der Waals surface area contributed by atoms with Crippen molar-refractivity contribution in [2.75, 3.05) is 27.8 Å². The van der Waals surface area contributed by atoms with Gasteiger partial charge in [-0.15, -0.1) is 0 Å². The number of ether oxygens (including phenoxy) is 2. The number of aliphatic hydroxyl groups is 2. The van der Waals surface area contributed by atoms with Crippen molar-refractivity contribution >= 4 is 0 Å². The van der Waals surface area contributed by atoms with Gasteiger partial charge in [-0.05, 0) is 14.1 Å². The van der Waals surface area contributed by atoms with Crippen LogP contribution in [-0.2, 0) is 9.47 Å². The highest BCUT2D eigenvalue weighted by Crippen LogP contribution is 2.18. The second-order valence-corrected chi connectivity index (χ2v) is 3.45. The van der Waals surface area contributed by atoms with Gasteiger partial charge in [0.2, 0.25) is 0 Å². The summed E-state index contributed by atoms with van der Waals surface area (Å²) in [6, 6.07) is -0.179. The van der Waals surface area contributed by atoms with Gasteiger partial charge < -0.3 is 24.6 Å². The lowest BCUT2D eigenvalue weighted by atomic mass is 10.0. The Kier molecular flexibility index (Phi) is 3.63. The van der Waals surface area contributed by atoms with Crippen LogP contribution in [0, 0.1) is 0 Å². The molecular weight excluding hydrogens is 174 g/mol. The van der Waals surface area contributed by atoms with Gasteiger partial charge in [0.1, 0.15) is 12.2 Å². The molecule has 0 aromatic heterocycles. The van der Waals surface area contributed by atoms with E-state index in [1.165, 1.54) is 7.11 Å². The zero-order valence-corrected chi connectivity index (χ0v) is 8.17. The second kappa shape index (κ2) is 4.34. The van der Waals surface area contributed by atoms with Gasteiger partial charge in [-0.3, -0.25) is 0 Å². The molecule has 78 valence electrons. The fourth-order valence-electron chi connectivity index (χ4n) is 1.44. The molecule has 0 radical (unpaired) electrons. The molecule has 0 bridgehead atoms. The summed E-state index contributed by atoms with van der Waals surface area (Å²) in [6.07, 6.45) is -2.52. The SMILES string of the molecule is COC1OCC(N(C)C)C(O)C1O. The Morgan fingerprint density at radius 2 is 1.92 bits per heavy atom. The maximum absolute atomic E-state index is 9.66. The molecule has 5 heteroatoms. The Labute approximate surface area is 77.9 Å². The molecule has 2 N–H and O–H groups in total. The van der Waals surface area contributed by atoms with Gasteiger partial charge in [0, 0.05) is 7.11 Å². The molecule has 1 aliphatic rings. The summed E-state index contributed by atoms with van der Waals surface area (Å²) in [7, 11) is 5.10. The maximum atomic E-state index is 9.66. The van der Waals surface area contributed by atoms with E-state index in [1.807, 2.05) is 19.0 Å². The molecule has 13 heavy (non-hydrogen) atoms. The zero-order valence-electron chi connectivity index (χ0n) is 8.17. The molecule has 1 heterocycles. The molecule has 0 amide bonds. The molecule has 0 aliphatic carbocycles. The number of rotatable bonds is 2. The quantitative estimate of drug-likeness (QED) is 0.564. The topological polar surface area (TPSA) is 62.2 Å². The standard InChI is InChI=1S/C8H17NO4/c1-9(2)5-4-13-8(12-3)7(11)6(5)10/h5-8,10-11H,4H2,1-3H3. The van der Waals surface area contributed by atoms with E-state index in [0.29, 0.717) is 6.61 Å². The van der Waals surface area contributed by atoms with E-state index in [-0.39, 0.29) is 6.04 Å². The molecule has 0 saturated carbocycles. The van der Waals surface area contributed by atoms with E-state index in [2.05, 4.69) is 0 Å². The van der Waals surface area contributed by atoms with Crippen molar-refractivity contribution in [2.24, 2.45) is 0 Å². The van der Waals surface area contributed by atoms with Crippen LogP contribution in [0.5, 0.6) is 0 Å². The van der Waals surface area contributed by atoms with Gasteiger partial charge in [-0.25, -0.2) is 0 Å². The van der Waals surface area contributed by atoms with Crippen molar-refractivity contribution in [3.63, 3.8) is 0 Å². The molecule has 0 spiro atoms. The van der Waals surface area contributed by atoms with Gasteiger partial charge in [0.25, 0.3) is 0 Å². The van der Waals surface area contributed by atoms with Crippen LogP contribution in [0.25, 0.3) is 0 Å². The van der Waals surface area contributed by atoms with Gasteiger partial charge in [0.15, 0.2) is 6.29 Å². The minimum atomic E-state index is -0.980. The third-order valence-electron chi connectivity index (χ3n) is 2.35. The summed E-state index contributed by atoms with van der Waals surface area (Å²) in [5.41, 5.74) is 0. The summed E-state index contributed by atoms with van der Waals surface area (Å²) < 4.78 is 10.1. The highest BCUT2D eigenvalue weighted by atomic mass is 16.7. The summed E-state index contributed by atoms with van der Waals surface area (Å²) >= 11 is 0. The molecule has 4 unspecified atom stereocenters. The lowest BCUT2D eigenvalue weighted by Crippen LogP contribution is -2.58. The highest BCUT2D eigenvalue weighted by molar-refractivity contribution is 4.87. The Bertz CT molecular complexity index is 164. The van der Waals surface area contributed by atoms with Crippen molar-refractivity contribution in [3.8, 4) is 0 Å². The van der Waals surface area contributed by atoms with E-state index in [1.54, 1.807) is 0 Å². The smallest absolute Gasteiger partial charge is 0.185 e. The van der Waals surface area contributed by atoms with E-state index < -0.39 is 18.5 Å². The minimum absolute atomic E-state index is 0.179. The molecule has 4 atom stereocenters. The van der Waals surface area contributed by atoms with Crippen molar-refractivity contribution < 1.29 is 19.7 Å². The Morgan fingerprint density at radius 3 is 2.38 bits per heavy atom. The van der Waals surface area contributed by atoms with Crippen LogP contribution in [0.3, 0.4) is 0 Å². The highest BCUT2D eigenvalue weighted by Gasteiger charge is 2.39. The Balaban J connectivity index is 2.59. The van der Waals surface area contributed by atoms with Crippen molar-refractivity contribution in [2.45, 2.75) is 24.5 Å². The first-order valence-corrected chi connectivity index (χ1v) is 4.25. The first-order chi connectivity index (χ1) is 6.07. The van der Waals surface area contributed by atoms with E-state index >= 15 is 0 Å². The van der Waals surface area contributed by atoms with Crippen molar-refractivity contribution in [3.05, 3.63) is 0 Å². The predicted octanol–water partition coefficient (Wildman–Crippen LogP) is -1.36. The number of hydrogen-bond donors (Lipinski definition) is 2. The summed E-state index contributed by atoms with van der Waals surface area (Å²) in [5, 5.41) is 19.2. The first-order valence-electron chi connectivity index (χ1n) is 4.25. The predicted molar refractivity (Wildman–Crippen MR) is 46.2 cm³/mol.